The molecule has 2 nitrogen and oxygen atoms in total. The van der Waals surface area contributed by atoms with Crippen LogP contribution in [0.4, 0.5) is 13.2 Å². The molecule has 15 heavy (non-hydrogen) atoms. The van der Waals surface area contributed by atoms with Crippen LogP contribution in [0.1, 0.15) is 17.3 Å². The minimum absolute atomic E-state index is 0.0461. The van der Waals surface area contributed by atoms with Gasteiger partial charge in [-0.3, -0.25) is 4.79 Å². The molecule has 1 aromatic heterocycles. The third-order valence-electron chi connectivity index (χ3n) is 1.77. The van der Waals surface area contributed by atoms with E-state index in [1.807, 2.05) is 0 Å². The van der Waals surface area contributed by atoms with E-state index in [2.05, 4.69) is 0 Å². The van der Waals surface area contributed by atoms with E-state index in [9.17, 15) is 18.0 Å². The Morgan fingerprint density at radius 1 is 1.53 bits per heavy atom. The molecule has 0 amide bonds. The second kappa shape index (κ2) is 4.74. The number of Topliss-reactive ketones (excluding diaryl/α,β-unsaturated/α-hetero) is 1. The van der Waals surface area contributed by atoms with E-state index < -0.39 is 5.51 Å². The quantitative estimate of drug-likeness (QED) is 0.751. The normalized spacial score (nSPS) is 11.7. The number of hydrogen-bond donors (Lipinski definition) is 0. The first kappa shape index (κ1) is 12.2. The molecule has 1 rings (SSSR count). The smallest absolute Gasteiger partial charge is 0.353 e. The van der Waals surface area contributed by atoms with Crippen LogP contribution in [0.15, 0.2) is 18.5 Å². The van der Waals surface area contributed by atoms with Gasteiger partial charge in [-0.2, -0.15) is 13.2 Å². The average Bonchev–Trinajstić information content (AvgIpc) is 2.50. The zero-order valence-corrected chi connectivity index (χ0v) is 8.86. The van der Waals surface area contributed by atoms with Gasteiger partial charge in [-0.15, -0.1) is 0 Å². The molecule has 0 N–H and O–H groups in total. The molecule has 0 atom stereocenters. The highest BCUT2D eigenvalue weighted by molar-refractivity contribution is 8.00. The molecule has 0 aliphatic rings. The van der Waals surface area contributed by atoms with Crippen molar-refractivity contribution in [3.05, 3.63) is 24.0 Å². The number of alkyl halides is 3. The molecular formula is C9H10F3NOS. The van der Waals surface area contributed by atoms with E-state index >= 15 is 0 Å². The molecule has 0 bridgehead atoms. The van der Waals surface area contributed by atoms with Crippen LogP contribution in [0, 0.1) is 0 Å². The van der Waals surface area contributed by atoms with E-state index in [1.54, 1.807) is 23.0 Å². The van der Waals surface area contributed by atoms with Gasteiger partial charge in [-0.25, -0.2) is 0 Å². The fourth-order valence-electron chi connectivity index (χ4n) is 1.05. The number of carbonyl (C=O) groups is 1. The Bertz CT molecular complexity index is 345. The van der Waals surface area contributed by atoms with E-state index in [0.29, 0.717) is 5.56 Å². The number of aromatic nitrogens is 1. The summed E-state index contributed by atoms with van der Waals surface area (Å²) in [7, 11) is 0. The Hall–Kier alpha value is -0.910. The maximum atomic E-state index is 11.8. The highest BCUT2D eigenvalue weighted by atomic mass is 32.2. The van der Waals surface area contributed by atoms with Crippen molar-refractivity contribution >= 4 is 17.5 Å². The van der Waals surface area contributed by atoms with Crippen LogP contribution in [-0.4, -0.2) is 21.6 Å². The highest BCUT2D eigenvalue weighted by Crippen LogP contribution is 2.29. The van der Waals surface area contributed by atoms with Crippen LogP contribution in [0.25, 0.3) is 0 Å². The van der Waals surface area contributed by atoms with Gasteiger partial charge in [0.25, 0.3) is 0 Å². The van der Waals surface area contributed by atoms with Crippen LogP contribution in [0.5, 0.6) is 0 Å². The van der Waals surface area contributed by atoms with Crippen molar-refractivity contribution in [1.82, 2.24) is 4.57 Å². The summed E-state index contributed by atoms with van der Waals surface area (Å²) in [6.45, 7) is 1.67. The minimum Gasteiger partial charge on any atom is -0.353 e. The largest absolute Gasteiger partial charge is 0.441 e. The molecule has 0 aromatic carbocycles. The highest BCUT2D eigenvalue weighted by Gasteiger charge is 2.27. The molecule has 0 radical (unpaired) electrons. The molecule has 6 heteroatoms. The minimum atomic E-state index is -4.18. The number of thioether (sulfide) groups is 1. The fraction of sp³-hybridized carbons (Fsp3) is 0.444. The number of halogens is 3. The van der Waals surface area contributed by atoms with Crippen LogP contribution in [0.2, 0.25) is 0 Å². The molecule has 1 heterocycles. The Kier molecular flexibility index (Phi) is 3.84. The number of hydrogen-bond acceptors (Lipinski definition) is 2. The van der Waals surface area contributed by atoms with Gasteiger partial charge in [0.15, 0.2) is 5.78 Å². The first-order chi connectivity index (χ1) is 6.88. The molecule has 0 spiro atoms. The fourth-order valence-corrected chi connectivity index (χ4v) is 1.59. The monoisotopic (exact) mass is 237 g/mol. The van der Waals surface area contributed by atoms with Crippen molar-refractivity contribution < 1.29 is 18.0 Å². The van der Waals surface area contributed by atoms with Crippen molar-refractivity contribution in [2.75, 3.05) is 5.75 Å². The van der Waals surface area contributed by atoms with Crippen molar-refractivity contribution in [2.45, 2.75) is 19.0 Å². The molecule has 1 aromatic rings. The Morgan fingerprint density at radius 3 is 2.67 bits per heavy atom. The Morgan fingerprint density at radius 2 is 2.20 bits per heavy atom. The van der Waals surface area contributed by atoms with Gasteiger partial charge < -0.3 is 4.57 Å². The summed E-state index contributed by atoms with van der Waals surface area (Å²) in [5, 5.41) is 0. The van der Waals surface area contributed by atoms with Crippen molar-refractivity contribution in [3.63, 3.8) is 0 Å². The van der Waals surface area contributed by atoms with E-state index in [1.165, 1.54) is 6.92 Å². The Balaban J connectivity index is 2.41. The lowest BCUT2D eigenvalue weighted by Crippen LogP contribution is -2.05. The number of carbonyl (C=O) groups excluding carboxylic acids is 1. The Labute approximate surface area is 89.5 Å². The summed E-state index contributed by atoms with van der Waals surface area (Å²) in [6.07, 6.45) is 3.16. The second-order valence-corrected chi connectivity index (χ2v) is 4.15. The lowest BCUT2D eigenvalue weighted by atomic mass is 10.2. The third-order valence-corrected chi connectivity index (χ3v) is 2.49. The summed E-state index contributed by atoms with van der Waals surface area (Å²) >= 11 is -0.0597. The van der Waals surface area contributed by atoms with Crippen LogP contribution in [-0.2, 0) is 6.54 Å². The topological polar surface area (TPSA) is 22.0 Å². The summed E-state index contributed by atoms with van der Waals surface area (Å²) in [5.74, 6) is -0.132. The number of nitrogens with zero attached hydrogens (tertiary/aromatic N) is 1. The van der Waals surface area contributed by atoms with Crippen LogP contribution >= 0.6 is 11.8 Å². The molecule has 0 fully saturated rings. The number of ketones is 1. The lowest BCUT2D eigenvalue weighted by Gasteiger charge is -2.05. The van der Waals surface area contributed by atoms with Gasteiger partial charge in [-0.05, 0) is 24.8 Å². The molecule has 0 aliphatic carbocycles. The summed E-state index contributed by atoms with van der Waals surface area (Å²) in [4.78, 5) is 10.9. The molecule has 0 aliphatic heterocycles. The lowest BCUT2D eigenvalue weighted by molar-refractivity contribution is -0.0328. The molecular weight excluding hydrogens is 227 g/mol. The van der Waals surface area contributed by atoms with Gasteiger partial charge in [0.1, 0.15) is 0 Å². The maximum absolute atomic E-state index is 11.8. The summed E-state index contributed by atoms with van der Waals surface area (Å²) in [6, 6.07) is 1.60. The van der Waals surface area contributed by atoms with Crippen molar-refractivity contribution in [3.8, 4) is 0 Å². The zero-order valence-electron chi connectivity index (χ0n) is 8.04. The van der Waals surface area contributed by atoms with E-state index in [-0.39, 0.29) is 29.8 Å². The first-order valence-electron chi connectivity index (χ1n) is 4.26. The van der Waals surface area contributed by atoms with Crippen LogP contribution in [0.3, 0.4) is 0 Å². The summed E-state index contributed by atoms with van der Waals surface area (Å²) < 4.78 is 37.0. The first-order valence-corrected chi connectivity index (χ1v) is 5.24. The van der Waals surface area contributed by atoms with Gasteiger partial charge in [0.2, 0.25) is 0 Å². The SMILES string of the molecule is CC(=O)c1ccn(CCSC(F)(F)F)c1. The standard InChI is InChI=1S/C9H10F3NOS/c1-7(14)8-2-3-13(6-8)4-5-15-9(10,11)12/h2-3,6H,4-5H2,1H3. The molecule has 0 saturated carbocycles. The van der Waals surface area contributed by atoms with Crippen molar-refractivity contribution in [2.24, 2.45) is 0 Å². The predicted molar refractivity (Wildman–Crippen MR) is 52.9 cm³/mol. The second-order valence-electron chi connectivity index (χ2n) is 2.99. The average molecular weight is 237 g/mol. The van der Waals surface area contributed by atoms with E-state index in [0.717, 1.165) is 0 Å². The van der Waals surface area contributed by atoms with E-state index in [4.69, 9.17) is 0 Å². The zero-order chi connectivity index (χ0) is 11.5. The van der Waals surface area contributed by atoms with Gasteiger partial charge in [-0.1, -0.05) is 0 Å². The van der Waals surface area contributed by atoms with Crippen LogP contribution < -0.4 is 0 Å². The number of aryl methyl sites for hydroxylation is 1. The number of rotatable bonds is 4. The maximum Gasteiger partial charge on any atom is 0.441 e. The third kappa shape index (κ3) is 4.42. The van der Waals surface area contributed by atoms with Gasteiger partial charge >= 0.3 is 5.51 Å². The summed E-state index contributed by atoms with van der Waals surface area (Å²) in [5.41, 5.74) is -3.66. The van der Waals surface area contributed by atoms with Gasteiger partial charge in [0.05, 0.1) is 0 Å². The predicted octanol–water partition coefficient (Wildman–Crippen LogP) is 2.94. The van der Waals surface area contributed by atoms with Gasteiger partial charge in [0, 0.05) is 30.3 Å². The molecule has 84 valence electrons. The van der Waals surface area contributed by atoms with Crippen molar-refractivity contribution in [1.29, 1.82) is 0 Å². The molecule has 0 saturated heterocycles. The molecule has 0 unspecified atom stereocenters.